The number of nitrogens with zero attached hydrogens (tertiary/aromatic N) is 2. The molecule has 0 amide bonds. The van der Waals surface area contributed by atoms with Crippen molar-refractivity contribution in [3.8, 4) is 0 Å². The molecule has 1 aromatic rings. The second-order valence-corrected chi connectivity index (χ2v) is 5.30. The molecule has 2 heteroatoms. The Balaban J connectivity index is 2.88. The van der Waals surface area contributed by atoms with E-state index in [4.69, 9.17) is 4.98 Å². The Hall–Kier alpha value is -0.920. The van der Waals surface area contributed by atoms with Crippen molar-refractivity contribution in [3.05, 3.63) is 23.3 Å². The minimum absolute atomic E-state index is 0.648. The third kappa shape index (κ3) is 3.92. The van der Waals surface area contributed by atoms with Gasteiger partial charge in [-0.2, -0.15) is 0 Å². The molecule has 0 aliphatic rings. The monoisotopic (exact) mass is 220 g/mol. The maximum Gasteiger partial charge on any atom is 0.0621 e. The Morgan fingerprint density at radius 3 is 2.12 bits per heavy atom. The summed E-state index contributed by atoms with van der Waals surface area (Å²) in [6.07, 6.45) is 5.01. The summed E-state index contributed by atoms with van der Waals surface area (Å²) in [7, 11) is 0. The number of hydrogen-bond acceptors (Lipinski definition) is 2. The van der Waals surface area contributed by atoms with Crippen molar-refractivity contribution in [1.29, 1.82) is 0 Å². The minimum atomic E-state index is 0.648. The molecule has 0 aliphatic carbocycles. The lowest BCUT2D eigenvalue weighted by atomic mass is 10.0. The summed E-state index contributed by atoms with van der Waals surface area (Å²) in [5.41, 5.74) is 3.51. The summed E-state index contributed by atoms with van der Waals surface area (Å²) in [6, 6.07) is 0. The van der Waals surface area contributed by atoms with Gasteiger partial charge in [0.05, 0.1) is 17.1 Å². The molecule has 16 heavy (non-hydrogen) atoms. The van der Waals surface area contributed by atoms with Crippen molar-refractivity contribution < 1.29 is 0 Å². The molecule has 2 nitrogen and oxygen atoms in total. The van der Waals surface area contributed by atoms with Crippen LogP contribution in [0.15, 0.2) is 6.20 Å². The van der Waals surface area contributed by atoms with Crippen molar-refractivity contribution in [1.82, 2.24) is 9.97 Å². The Morgan fingerprint density at radius 2 is 1.62 bits per heavy atom. The molecule has 0 radical (unpaired) electrons. The van der Waals surface area contributed by atoms with Gasteiger partial charge in [0.25, 0.3) is 0 Å². The van der Waals surface area contributed by atoms with Crippen LogP contribution >= 0.6 is 0 Å². The van der Waals surface area contributed by atoms with Crippen LogP contribution in [0.1, 0.15) is 51.7 Å². The van der Waals surface area contributed by atoms with E-state index in [1.165, 1.54) is 11.4 Å². The Labute approximate surface area is 99.5 Å². The van der Waals surface area contributed by atoms with Crippen molar-refractivity contribution >= 4 is 0 Å². The van der Waals surface area contributed by atoms with Crippen LogP contribution in [-0.4, -0.2) is 9.97 Å². The lowest BCUT2D eigenvalue weighted by Crippen LogP contribution is -2.08. The average molecular weight is 220 g/mol. The molecule has 0 atom stereocenters. The molecule has 0 fully saturated rings. The second-order valence-electron chi connectivity index (χ2n) is 5.30. The van der Waals surface area contributed by atoms with Gasteiger partial charge in [0.15, 0.2) is 0 Å². The predicted octanol–water partition coefficient (Wildman–Crippen LogP) is 3.44. The summed E-state index contributed by atoms with van der Waals surface area (Å²) < 4.78 is 0. The molecular weight excluding hydrogens is 196 g/mol. The largest absolute Gasteiger partial charge is 0.257 e. The lowest BCUT2D eigenvalue weighted by molar-refractivity contribution is 0.608. The van der Waals surface area contributed by atoms with E-state index in [2.05, 4.69) is 39.6 Å². The highest BCUT2D eigenvalue weighted by Crippen LogP contribution is 2.12. The first-order chi connectivity index (χ1) is 7.52. The fourth-order valence-corrected chi connectivity index (χ4v) is 1.85. The van der Waals surface area contributed by atoms with Crippen LogP contribution in [0, 0.1) is 11.8 Å². The molecule has 0 spiro atoms. The molecular formula is C14H24N2. The summed E-state index contributed by atoms with van der Waals surface area (Å²) in [6.45, 7) is 11.0. The first-order valence-electron chi connectivity index (χ1n) is 6.36. The Bertz CT molecular complexity index is 330. The second kappa shape index (κ2) is 5.97. The molecule has 0 saturated heterocycles. The Morgan fingerprint density at radius 1 is 1.00 bits per heavy atom. The first kappa shape index (κ1) is 13.1. The normalized spacial score (nSPS) is 11.4. The van der Waals surface area contributed by atoms with Gasteiger partial charge in [-0.25, -0.2) is 0 Å². The third-order valence-electron chi connectivity index (χ3n) is 2.53. The van der Waals surface area contributed by atoms with Gasteiger partial charge < -0.3 is 0 Å². The van der Waals surface area contributed by atoms with Crippen molar-refractivity contribution in [3.63, 3.8) is 0 Å². The van der Waals surface area contributed by atoms with E-state index >= 15 is 0 Å². The summed E-state index contributed by atoms with van der Waals surface area (Å²) >= 11 is 0. The molecule has 0 unspecified atom stereocenters. The molecule has 0 aromatic carbocycles. The van der Waals surface area contributed by atoms with Crippen LogP contribution in [0.2, 0.25) is 0 Å². The van der Waals surface area contributed by atoms with Gasteiger partial charge >= 0.3 is 0 Å². The molecule has 1 heterocycles. The third-order valence-corrected chi connectivity index (χ3v) is 2.53. The molecule has 0 saturated carbocycles. The van der Waals surface area contributed by atoms with Crippen LogP contribution in [0.25, 0.3) is 0 Å². The van der Waals surface area contributed by atoms with Gasteiger partial charge in [0.2, 0.25) is 0 Å². The topological polar surface area (TPSA) is 25.8 Å². The van der Waals surface area contributed by atoms with Crippen LogP contribution < -0.4 is 0 Å². The van der Waals surface area contributed by atoms with Gasteiger partial charge in [0, 0.05) is 6.20 Å². The van der Waals surface area contributed by atoms with Crippen LogP contribution in [0.3, 0.4) is 0 Å². The van der Waals surface area contributed by atoms with E-state index in [0.717, 1.165) is 25.0 Å². The van der Waals surface area contributed by atoms with Gasteiger partial charge in [-0.1, -0.05) is 34.6 Å². The van der Waals surface area contributed by atoms with Gasteiger partial charge in [-0.3, -0.25) is 9.97 Å². The zero-order valence-electron chi connectivity index (χ0n) is 11.2. The molecule has 0 aliphatic heterocycles. The molecule has 90 valence electrons. The number of rotatable bonds is 5. The minimum Gasteiger partial charge on any atom is -0.257 e. The van der Waals surface area contributed by atoms with Crippen molar-refractivity contribution in [2.75, 3.05) is 0 Å². The highest BCUT2D eigenvalue weighted by Gasteiger charge is 2.08. The first-order valence-corrected chi connectivity index (χ1v) is 6.36. The molecule has 1 aromatic heterocycles. The van der Waals surface area contributed by atoms with Gasteiger partial charge in [-0.15, -0.1) is 0 Å². The number of aromatic nitrogens is 2. The summed E-state index contributed by atoms with van der Waals surface area (Å²) in [4.78, 5) is 9.30. The lowest BCUT2D eigenvalue weighted by Gasteiger charge is -2.11. The standard InChI is InChI=1S/C14H24N2/c1-6-13-14(8-11(4)5)15-9-12(16-13)7-10(2)3/h9-11H,6-8H2,1-5H3. The summed E-state index contributed by atoms with van der Waals surface area (Å²) in [5, 5.41) is 0. The van der Waals surface area contributed by atoms with E-state index in [-0.39, 0.29) is 0 Å². The van der Waals surface area contributed by atoms with Crippen LogP contribution in [-0.2, 0) is 19.3 Å². The number of aryl methyl sites for hydroxylation is 1. The SMILES string of the molecule is CCc1nc(CC(C)C)cnc1CC(C)C. The zero-order valence-corrected chi connectivity index (χ0v) is 11.2. The quantitative estimate of drug-likeness (QED) is 0.759. The number of hydrogen-bond donors (Lipinski definition) is 0. The van der Waals surface area contributed by atoms with Gasteiger partial charge in [0.1, 0.15) is 0 Å². The smallest absolute Gasteiger partial charge is 0.0621 e. The highest BCUT2D eigenvalue weighted by atomic mass is 14.8. The zero-order chi connectivity index (χ0) is 12.1. The van der Waals surface area contributed by atoms with Crippen molar-refractivity contribution in [2.24, 2.45) is 11.8 Å². The maximum atomic E-state index is 4.72. The maximum absolute atomic E-state index is 4.72. The highest BCUT2D eigenvalue weighted by molar-refractivity contribution is 5.15. The van der Waals surface area contributed by atoms with Crippen molar-refractivity contribution in [2.45, 2.75) is 53.9 Å². The van der Waals surface area contributed by atoms with Crippen LogP contribution in [0.5, 0.6) is 0 Å². The van der Waals surface area contributed by atoms with E-state index in [0.29, 0.717) is 11.8 Å². The molecule has 0 N–H and O–H groups in total. The Kier molecular flexibility index (Phi) is 4.91. The molecule has 1 rings (SSSR count). The fraction of sp³-hybridized carbons (Fsp3) is 0.714. The molecule has 0 bridgehead atoms. The summed E-state index contributed by atoms with van der Waals surface area (Å²) in [5.74, 6) is 1.30. The fourth-order valence-electron chi connectivity index (χ4n) is 1.85. The van der Waals surface area contributed by atoms with E-state index in [1.54, 1.807) is 0 Å². The van der Waals surface area contributed by atoms with Gasteiger partial charge in [-0.05, 0) is 31.1 Å². The van der Waals surface area contributed by atoms with Crippen LogP contribution in [0.4, 0.5) is 0 Å². The van der Waals surface area contributed by atoms with E-state index < -0.39 is 0 Å². The van der Waals surface area contributed by atoms with E-state index in [9.17, 15) is 0 Å². The average Bonchev–Trinajstić information content (AvgIpc) is 2.18. The predicted molar refractivity (Wildman–Crippen MR) is 68.5 cm³/mol. The van der Waals surface area contributed by atoms with E-state index in [1.807, 2.05) is 6.20 Å².